The molecule has 6 nitrogen and oxygen atoms in total. The first kappa shape index (κ1) is 22.0. The van der Waals surface area contributed by atoms with Gasteiger partial charge in [0.05, 0.1) is 23.3 Å². The predicted molar refractivity (Wildman–Crippen MR) is 124 cm³/mol. The third-order valence-corrected chi connectivity index (χ3v) is 6.11. The highest BCUT2D eigenvalue weighted by atomic mass is 32.2. The standard InChI is InChI=1S/C23H29N3O3S/c1-5-7-13-30-21-15-20-19(25(3)23(28)26(20)4)14-18(21)24-22(27)16-8-10-17(11-9-16)29-12-6-2/h8-11,14-15H,5-7,12-13H2,1-4H3,(H,24,27). The van der Waals surface area contributed by atoms with Crippen LogP contribution in [0.2, 0.25) is 0 Å². The van der Waals surface area contributed by atoms with E-state index in [1.807, 2.05) is 24.3 Å². The Kier molecular flexibility index (Phi) is 7.26. The third-order valence-electron chi connectivity index (χ3n) is 4.97. The number of carbonyl (C=O) groups excluding carboxylic acids is 1. The van der Waals surface area contributed by atoms with Crippen molar-refractivity contribution < 1.29 is 9.53 Å². The summed E-state index contributed by atoms with van der Waals surface area (Å²) in [5.74, 6) is 1.52. The summed E-state index contributed by atoms with van der Waals surface area (Å²) in [5.41, 5.74) is 2.85. The van der Waals surface area contributed by atoms with Gasteiger partial charge in [-0.25, -0.2) is 4.79 Å². The number of imidazole rings is 1. The average Bonchev–Trinajstić information content (AvgIpc) is 2.96. The number of aryl methyl sites for hydroxylation is 2. The van der Waals surface area contributed by atoms with Crippen molar-refractivity contribution in [1.29, 1.82) is 0 Å². The summed E-state index contributed by atoms with van der Waals surface area (Å²) >= 11 is 1.70. The first-order valence-corrected chi connectivity index (χ1v) is 11.3. The van der Waals surface area contributed by atoms with Crippen LogP contribution >= 0.6 is 11.8 Å². The van der Waals surface area contributed by atoms with Crippen LogP contribution in [0.15, 0.2) is 46.1 Å². The summed E-state index contributed by atoms with van der Waals surface area (Å²) in [6, 6.07) is 11.0. The second-order valence-electron chi connectivity index (χ2n) is 7.27. The summed E-state index contributed by atoms with van der Waals surface area (Å²) in [5, 5.41) is 3.04. The molecule has 0 aliphatic rings. The molecule has 160 valence electrons. The quantitative estimate of drug-likeness (QED) is 0.393. The van der Waals surface area contributed by atoms with E-state index in [0.717, 1.165) is 52.4 Å². The molecule has 7 heteroatoms. The SMILES string of the molecule is CCCCSc1cc2c(cc1NC(=O)c1ccc(OCCC)cc1)n(C)c(=O)n2C. The van der Waals surface area contributed by atoms with E-state index in [1.165, 1.54) is 0 Å². The number of carbonyl (C=O) groups is 1. The fourth-order valence-electron chi connectivity index (χ4n) is 3.19. The lowest BCUT2D eigenvalue weighted by atomic mass is 10.2. The number of aromatic nitrogens is 2. The van der Waals surface area contributed by atoms with Crippen LogP contribution in [-0.2, 0) is 14.1 Å². The lowest BCUT2D eigenvalue weighted by Crippen LogP contribution is -2.19. The normalized spacial score (nSPS) is 11.1. The van der Waals surface area contributed by atoms with E-state index in [9.17, 15) is 9.59 Å². The molecule has 0 spiro atoms. The van der Waals surface area contributed by atoms with E-state index in [2.05, 4.69) is 19.2 Å². The molecule has 0 bridgehead atoms. The molecule has 0 aliphatic carbocycles. The van der Waals surface area contributed by atoms with Crippen LogP contribution < -0.4 is 15.7 Å². The molecule has 0 fully saturated rings. The molecule has 0 atom stereocenters. The maximum Gasteiger partial charge on any atom is 0.328 e. The number of nitrogens with zero attached hydrogens (tertiary/aromatic N) is 2. The van der Waals surface area contributed by atoms with Gasteiger partial charge in [0, 0.05) is 24.6 Å². The Morgan fingerprint density at radius 3 is 2.33 bits per heavy atom. The largest absolute Gasteiger partial charge is 0.494 e. The Hall–Kier alpha value is -2.67. The first-order chi connectivity index (χ1) is 14.5. The molecule has 1 amide bonds. The molecular weight excluding hydrogens is 398 g/mol. The zero-order valence-corrected chi connectivity index (χ0v) is 18.8. The number of nitrogens with one attached hydrogen (secondary N) is 1. The minimum atomic E-state index is -0.185. The van der Waals surface area contributed by atoms with Gasteiger partial charge in [-0.05, 0) is 55.0 Å². The van der Waals surface area contributed by atoms with Gasteiger partial charge in [-0.15, -0.1) is 11.8 Å². The predicted octanol–water partition coefficient (Wildman–Crippen LogP) is 4.81. The third kappa shape index (κ3) is 4.73. The van der Waals surface area contributed by atoms with Gasteiger partial charge < -0.3 is 10.1 Å². The molecule has 0 radical (unpaired) electrons. The highest BCUT2D eigenvalue weighted by molar-refractivity contribution is 7.99. The molecule has 0 unspecified atom stereocenters. The second-order valence-corrected chi connectivity index (χ2v) is 8.40. The molecule has 0 saturated heterocycles. The van der Waals surface area contributed by atoms with Crippen LogP contribution in [0, 0.1) is 0 Å². The van der Waals surface area contributed by atoms with Gasteiger partial charge in [-0.2, -0.15) is 0 Å². The van der Waals surface area contributed by atoms with Crippen molar-refractivity contribution in [3.63, 3.8) is 0 Å². The minimum absolute atomic E-state index is 0.0827. The maximum absolute atomic E-state index is 12.9. The minimum Gasteiger partial charge on any atom is -0.494 e. The van der Waals surface area contributed by atoms with Crippen molar-refractivity contribution in [2.75, 3.05) is 17.7 Å². The van der Waals surface area contributed by atoms with Crippen LogP contribution in [0.25, 0.3) is 11.0 Å². The monoisotopic (exact) mass is 427 g/mol. The summed E-state index contributed by atoms with van der Waals surface area (Å²) in [6.07, 6.45) is 3.13. The molecule has 1 heterocycles. The molecular formula is C23H29N3O3S. The Bertz CT molecular complexity index is 1080. The van der Waals surface area contributed by atoms with Crippen LogP contribution in [0.1, 0.15) is 43.5 Å². The van der Waals surface area contributed by atoms with E-state index < -0.39 is 0 Å². The zero-order chi connectivity index (χ0) is 21.7. The Labute approximate surface area is 181 Å². The van der Waals surface area contributed by atoms with Gasteiger partial charge in [0.15, 0.2) is 0 Å². The van der Waals surface area contributed by atoms with Crippen molar-refractivity contribution in [3.8, 4) is 5.75 Å². The number of thioether (sulfide) groups is 1. The summed E-state index contributed by atoms with van der Waals surface area (Å²) < 4.78 is 8.83. The smallest absolute Gasteiger partial charge is 0.328 e. The number of amides is 1. The Morgan fingerprint density at radius 1 is 1.03 bits per heavy atom. The number of hydrogen-bond acceptors (Lipinski definition) is 4. The van der Waals surface area contributed by atoms with Crippen molar-refractivity contribution in [3.05, 3.63) is 52.4 Å². The van der Waals surface area contributed by atoms with E-state index in [0.29, 0.717) is 12.2 Å². The van der Waals surface area contributed by atoms with Gasteiger partial charge in [-0.1, -0.05) is 20.3 Å². The van der Waals surface area contributed by atoms with Crippen molar-refractivity contribution in [2.45, 2.75) is 38.0 Å². The molecule has 0 saturated carbocycles. The number of unbranched alkanes of at least 4 members (excludes halogenated alkanes) is 1. The fourth-order valence-corrected chi connectivity index (χ4v) is 4.30. The molecule has 1 N–H and O–H groups in total. The maximum atomic E-state index is 12.9. The summed E-state index contributed by atoms with van der Waals surface area (Å²) in [4.78, 5) is 26.2. The van der Waals surface area contributed by atoms with Gasteiger partial charge in [0.1, 0.15) is 5.75 Å². The molecule has 3 aromatic rings. The number of anilines is 1. The highest BCUT2D eigenvalue weighted by Crippen LogP contribution is 2.32. The van der Waals surface area contributed by atoms with E-state index in [4.69, 9.17) is 4.74 Å². The van der Waals surface area contributed by atoms with E-state index in [1.54, 1.807) is 47.1 Å². The van der Waals surface area contributed by atoms with Crippen molar-refractivity contribution in [2.24, 2.45) is 14.1 Å². The Balaban J connectivity index is 1.90. The van der Waals surface area contributed by atoms with E-state index >= 15 is 0 Å². The number of hydrogen-bond donors (Lipinski definition) is 1. The summed E-state index contributed by atoms with van der Waals surface area (Å²) in [7, 11) is 3.51. The number of fused-ring (bicyclic) bond motifs is 1. The highest BCUT2D eigenvalue weighted by Gasteiger charge is 2.15. The van der Waals surface area contributed by atoms with Gasteiger partial charge in [0.25, 0.3) is 5.91 Å². The number of rotatable bonds is 9. The molecule has 0 aliphatic heterocycles. The van der Waals surface area contributed by atoms with Gasteiger partial charge >= 0.3 is 5.69 Å². The molecule has 3 rings (SSSR count). The number of benzene rings is 2. The van der Waals surface area contributed by atoms with Crippen LogP contribution in [-0.4, -0.2) is 27.4 Å². The molecule has 1 aromatic heterocycles. The fraction of sp³-hybridized carbons (Fsp3) is 0.391. The lowest BCUT2D eigenvalue weighted by Gasteiger charge is -2.13. The van der Waals surface area contributed by atoms with Crippen LogP contribution in [0.3, 0.4) is 0 Å². The molecule has 30 heavy (non-hydrogen) atoms. The van der Waals surface area contributed by atoms with Crippen molar-refractivity contribution in [1.82, 2.24) is 9.13 Å². The molecule has 2 aromatic carbocycles. The van der Waals surface area contributed by atoms with Gasteiger partial charge in [-0.3, -0.25) is 13.9 Å². The average molecular weight is 428 g/mol. The lowest BCUT2D eigenvalue weighted by molar-refractivity contribution is 0.102. The topological polar surface area (TPSA) is 65.3 Å². The Morgan fingerprint density at radius 2 is 1.70 bits per heavy atom. The van der Waals surface area contributed by atoms with Gasteiger partial charge in [0.2, 0.25) is 0 Å². The van der Waals surface area contributed by atoms with Crippen LogP contribution in [0.4, 0.5) is 5.69 Å². The summed E-state index contributed by atoms with van der Waals surface area (Å²) in [6.45, 7) is 4.86. The second kappa shape index (κ2) is 9.89. The van der Waals surface area contributed by atoms with Crippen molar-refractivity contribution >= 4 is 34.4 Å². The first-order valence-electron chi connectivity index (χ1n) is 10.3. The van der Waals surface area contributed by atoms with E-state index in [-0.39, 0.29) is 11.6 Å². The zero-order valence-electron chi connectivity index (χ0n) is 18.0. The number of ether oxygens (including phenoxy) is 1. The van der Waals surface area contributed by atoms with Crippen LogP contribution in [0.5, 0.6) is 5.75 Å².